The molecule has 2 amide bonds. The number of hydrogen-bond acceptors (Lipinski definition) is 3. The predicted molar refractivity (Wildman–Crippen MR) is 70.3 cm³/mol. The lowest BCUT2D eigenvalue weighted by molar-refractivity contribution is 0.0698. The summed E-state index contributed by atoms with van der Waals surface area (Å²) >= 11 is 1.23. The molecule has 0 bridgehead atoms. The van der Waals surface area contributed by atoms with Crippen molar-refractivity contribution in [2.24, 2.45) is 0 Å². The highest BCUT2D eigenvalue weighted by molar-refractivity contribution is 7.14. The molecule has 0 aliphatic heterocycles. The van der Waals surface area contributed by atoms with Gasteiger partial charge in [0.1, 0.15) is 5.00 Å². The van der Waals surface area contributed by atoms with Crippen LogP contribution in [0.4, 0.5) is 9.80 Å². The summed E-state index contributed by atoms with van der Waals surface area (Å²) in [6.07, 6.45) is 2.99. The Hall–Kier alpha value is -1.56. The van der Waals surface area contributed by atoms with Crippen molar-refractivity contribution in [3.63, 3.8) is 0 Å². The van der Waals surface area contributed by atoms with E-state index in [4.69, 9.17) is 5.11 Å². The quantitative estimate of drug-likeness (QED) is 0.862. The van der Waals surface area contributed by atoms with Gasteiger partial charge in [-0.1, -0.05) is 6.92 Å². The van der Waals surface area contributed by atoms with Gasteiger partial charge in [0.2, 0.25) is 0 Å². The number of carbonyl (C=O) groups excluding carboxylic acids is 1. The molecular formula is C12H16N2O3S. The van der Waals surface area contributed by atoms with Crippen LogP contribution in [-0.4, -0.2) is 34.6 Å². The van der Waals surface area contributed by atoms with Crippen LogP contribution >= 0.6 is 11.3 Å². The van der Waals surface area contributed by atoms with E-state index >= 15 is 0 Å². The van der Waals surface area contributed by atoms with Gasteiger partial charge in [-0.05, 0) is 30.7 Å². The SMILES string of the molecule is CCCN(C(=O)Nc1sccc1C(=O)O)C1CC1. The van der Waals surface area contributed by atoms with E-state index in [0.717, 1.165) is 19.3 Å². The molecule has 0 radical (unpaired) electrons. The third kappa shape index (κ3) is 2.81. The highest BCUT2D eigenvalue weighted by Gasteiger charge is 2.32. The monoisotopic (exact) mass is 268 g/mol. The molecule has 0 unspecified atom stereocenters. The number of carbonyl (C=O) groups is 2. The lowest BCUT2D eigenvalue weighted by Gasteiger charge is -2.21. The molecule has 98 valence electrons. The van der Waals surface area contributed by atoms with E-state index in [2.05, 4.69) is 5.32 Å². The maximum absolute atomic E-state index is 12.1. The Labute approximate surface area is 109 Å². The van der Waals surface area contributed by atoms with Crippen molar-refractivity contribution >= 4 is 28.3 Å². The first kappa shape index (κ1) is 12.9. The first-order valence-corrected chi connectivity index (χ1v) is 6.89. The first-order valence-electron chi connectivity index (χ1n) is 6.02. The third-order valence-electron chi connectivity index (χ3n) is 2.83. The molecule has 1 aliphatic carbocycles. The summed E-state index contributed by atoms with van der Waals surface area (Å²) in [6.45, 7) is 2.74. The van der Waals surface area contributed by atoms with Crippen molar-refractivity contribution in [1.29, 1.82) is 0 Å². The van der Waals surface area contributed by atoms with Gasteiger partial charge >= 0.3 is 12.0 Å². The predicted octanol–water partition coefficient (Wildman–Crippen LogP) is 2.85. The summed E-state index contributed by atoms with van der Waals surface area (Å²) in [5.74, 6) is -1.01. The summed E-state index contributed by atoms with van der Waals surface area (Å²) in [6, 6.07) is 1.65. The second kappa shape index (κ2) is 5.39. The Bertz CT molecular complexity index is 454. The molecule has 5 nitrogen and oxygen atoms in total. The molecule has 1 aliphatic rings. The summed E-state index contributed by atoms with van der Waals surface area (Å²) < 4.78 is 0. The van der Waals surface area contributed by atoms with Gasteiger partial charge in [0.25, 0.3) is 0 Å². The maximum Gasteiger partial charge on any atom is 0.338 e. The van der Waals surface area contributed by atoms with Crippen LogP contribution in [0.1, 0.15) is 36.5 Å². The Balaban J connectivity index is 2.05. The van der Waals surface area contributed by atoms with E-state index < -0.39 is 5.97 Å². The number of thiophene rings is 1. The lowest BCUT2D eigenvalue weighted by atomic mass is 10.3. The van der Waals surface area contributed by atoms with Crippen LogP contribution in [0.25, 0.3) is 0 Å². The molecule has 0 atom stereocenters. The first-order chi connectivity index (χ1) is 8.63. The molecule has 2 N–H and O–H groups in total. The molecule has 1 saturated carbocycles. The molecule has 0 aromatic carbocycles. The van der Waals surface area contributed by atoms with Gasteiger partial charge < -0.3 is 10.0 Å². The van der Waals surface area contributed by atoms with Gasteiger partial charge in [0.15, 0.2) is 0 Å². The average molecular weight is 268 g/mol. The average Bonchev–Trinajstić information content (AvgIpc) is 3.05. The molecule has 2 rings (SSSR count). The fraction of sp³-hybridized carbons (Fsp3) is 0.500. The third-order valence-corrected chi connectivity index (χ3v) is 3.66. The van der Waals surface area contributed by atoms with Crippen molar-refractivity contribution in [1.82, 2.24) is 4.90 Å². The van der Waals surface area contributed by atoms with E-state index in [1.54, 1.807) is 10.3 Å². The Morgan fingerprint density at radius 1 is 1.56 bits per heavy atom. The molecule has 0 saturated heterocycles. The van der Waals surface area contributed by atoms with Crippen LogP contribution in [0, 0.1) is 0 Å². The highest BCUT2D eigenvalue weighted by Crippen LogP contribution is 2.29. The van der Waals surface area contributed by atoms with Crippen LogP contribution < -0.4 is 5.32 Å². The van der Waals surface area contributed by atoms with Crippen LogP contribution in [0.15, 0.2) is 11.4 Å². The van der Waals surface area contributed by atoms with Crippen molar-refractivity contribution in [2.45, 2.75) is 32.2 Å². The zero-order chi connectivity index (χ0) is 13.1. The molecule has 6 heteroatoms. The minimum Gasteiger partial charge on any atom is -0.478 e. The number of amides is 2. The van der Waals surface area contributed by atoms with E-state index in [1.165, 1.54) is 17.4 Å². The Morgan fingerprint density at radius 2 is 2.28 bits per heavy atom. The summed E-state index contributed by atoms with van der Waals surface area (Å²) in [7, 11) is 0. The van der Waals surface area contributed by atoms with Gasteiger partial charge in [-0.2, -0.15) is 0 Å². The molecule has 1 aromatic rings. The molecule has 1 heterocycles. The minimum absolute atomic E-state index is 0.153. The molecule has 0 spiro atoms. The second-order valence-electron chi connectivity index (χ2n) is 4.32. The van der Waals surface area contributed by atoms with Gasteiger partial charge in [0, 0.05) is 12.6 Å². The zero-order valence-corrected chi connectivity index (χ0v) is 11.0. The van der Waals surface area contributed by atoms with Crippen molar-refractivity contribution < 1.29 is 14.7 Å². The molecular weight excluding hydrogens is 252 g/mol. The van der Waals surface area contributed by atoms with Gasteiger partial charge in [-0.25, -0.2) is 9.59 Å². The lowest BCUT2D eigenvalue weighted by Crippen LogP contribution is -2.37. The number of nitrogens with one attached hydrogen (secondary N) is 1. The smallest absolute Gasteiger partial charge is 0.338 e. The van der Waals surface area contributed by atoms with E-state index in [-0.39, 0.29) is 11.6 Å². The van der Waals surface area contributed by atoms with E-state index in [1.807, 2.05) is 6.92 Å². The van der Waals surface area contributed by atoms with E-state index in [9.17, 15) is 9.59 Å². The number of urea groups is 1. The molecule has 1 fully saturated rings. The number of nitrogens with zero attached hydrogens (tertiary/aromatic N) is 1. The zero-order valence-electron chi connectivity index (χ0n) is 10.2. The molecule has 1 aromatic heterocycles. The van der Waals surface area contributed by atoms with Crippen LogP contribution in [0.5, 0.6) is 0 Å². The van der Waals surface area contributed by atoms with Crippen molar-refractivity contribution in [3.8, 4) is 0 Å². The Kier molecular flexibility index (Phi) is 3.86. The number of aromatic carboxylic acids is 1. The van der Waals surface area contributed by atoms with Gasteiger partial charge in [-0.15, -0.1) is 11.3 Å². The normalized spacial score (nSPS) is 14.3. The minimum atomic E-state index is -1.01. The fourth-order valence-corrected chi connectivity index (χ4v) is 2.59. The van der Waals surface area contributed by atoms with Crippen LogP contribution in [0.2, 0.25) is 0 Å². The van der Waals surface area contributed by atoms with E-state index in [0.29, 0.717) is 17.6 Å². The summed E-state index contributed by atoms with van der Waals surface area (Å²) in [5.41, 5.74) is 0.153. The number of anilines is 1. The number of carboxylic acid groups (broad SMARTS) is 1. The second-order valence-corrected chi connectivity index (χ2v) is 5.24. The Morgan fingerprint density at radius 3 is 2.83 bits per heavy atom. The standard InChI is InChI=1S/C12H16N2O3S/c1-2-6-14(8-3-4-8)12(17)13-10-9(11(15)16)5-7-18-10/h5,7-8H,2-4,6H2,1H3,(H,13,17)(H,15,16). The van der Waals surface area contributed by atoms with Crippen LogP contribution in [-0.2, 0) is 0 Å². The largest absolute Gasteiger partial charge is 0.478 e. The maximum atomic E-state index is 12.1. The number of carboxylic acids is 1. The number of hydrogen-bond donors (Lipinski definition) is 2. The molecule has 18 heavy (non-hydrogen) atoms. The summed E-state index contributed by atoms with van der Waals surface area (Å²) in [4.78, 5) is 24.8. The van der Waals surface area contributed by atoms with Crippen molar-refractivity contribution in [3.05, 3.63) is 17.0 Å². The highest BCUT2D eigenvalue weighted by atomic mass is 32.1. The fourth-order valence-electron chi connectivity index (χ4n) is 1.82. The summed E-state index contributed by atoms with van der Waals surface area (Å²) in [5, 5.41) is 13.8. The topological polar surface area (TPSA) is 69.6 Å². The van der Waals surface area contributed by atoms with Crippen LogP contribution in [0.3, 0.4) is 0 Å². The number of rotatable bonds is 5. The van der Waals surface area contributed by atoms with Crippen molar-refractivity contribution in [2.75, 3.05) is 11.9 Å². The van der Waals surface area contributed by atoms with Gasteiger partial charge in [-0.3, -0.25) is 5.32 Å². The van der Waals surface area contributed by atoms with Gasteiger partial charge in [0.05, 0.1) is 5.56 Å².